The van der Waals surface area contributed by atoms with Gasteiger partial charge in [0.25, 0.3) is 5.56 Å². The Morgan fingerprint density at radius 3 is 2.54 bits per heavy atom. The number of nitrogens with zero attached hydrogens (tertiary/aromatic N) is 2. The van der Waals surface area contributed by atoms with Gasteiger partial charge in [0.1, 0.15) is 16.3 Å². The van der Waals surface area contributed by atoms with E-state index in [0.29, 0.717) is 15.9 Å². The van der Waals surface area contributed by atoms with Crippen molar-refractivity contribution in [2.24, 2.45) is 7.05 Å². The number of hydrogen-bond acceptors (Lipinski definition) is 3. The van der Waals surface area contributed by atoms with Gasteiger partial charge in [-0.15, -0.1) is 0 Å². The number of aromatic nitrogens is 1. The van der Waals surface area contributed by atoms with E-state index < -0.39 is 0 Å². The summed E-state index contributed by atoms with van der Waals surface area (Å²) in [4.78, 5) is 14.7. The molecule has 0 bridgehead atoms. The van der Waals surface area contributed by atoms with Crippen molar-refractivity contribution in [2.75, 3.05) is 11.9 Å². The first-order valence-electron chi connectivity index (χ1n) is 7.26. The molecule has 24 heavy (non-hydrogen) atoms. The summed E-state index contributed by atoms with van der Waals surface area (Å²) in [5.74, 6) is -0.150. The van der Waals surface area contributed by atoms with E-state index in [1.807, 2.05) is 30.3 Å². The molecule has 0 saturated heterocycles. The van der Waals surface area contributed by atoms with Crippen LogP contribution in [0.2, 0.25) is 5.02 Å². The number of benzene rings is 2. The molecule has 1 N–H and O–H groups in total. The zero-order valence-electron chi connectivity index (χ0n) is 13.2. The lowest BCUT2D eigenvalue weighted by Crippen LogP contribution is -2.33. The van der Waals surface area contributed by atoms with Crippen LogP contribution in [0, 0.1) is 0 Å². The Morgan fingerprint density at radius 1 is 1.21 bits per heavy atom. The lowest BCUT2D eigenvalue weighted by Gasteiger charge is -2.21. The Bertz CT molecular complexity index is 999. The summed E-state index contributed by atoms with van der Waals surface area (Å²) in [6.07, 6.45) is 0. The molecule has 0 amide bonds. The predicted molar refractivity (Wildman–Crippen MR) is 102 cm³/mol. The zero-order chi connectivity index (χ0) is 17.4. The average molecular weight is 359 g/mol. The van der Waals surface area contributed by atoms with Gasteiger partial charge in [0.2, 0.25) is 0 Å². The minimum atomic E-state index is -0.352. The van der Waals surface area contributed by atoms with Crippen LogP contribution in [0.4, 0.5) is 5.69 Å². The number of thiocarbonyl (C=S) groups is 1. The first-order valence-corrected chi connectivity index (χ1v) is 8.04. The number of hydrogen-bond donors (Lipinski definition) is 1. The fourth-order valence-corrected chi connectivity index (χ4v) is 3.09. The molecule has 3 rings (SSSR count). The Kier molecular flexibility index (Phi) is 4.30. The molecule has 0 unspecified atom stereocenters. The maximum Gasteiger partial charge on any atom is 0.264 e. The van der Waals surface area contributed by atoms with Crippen molar-refractivity contribution in [1.82, 2.24) is 4.57 Å². The molecule has 0 spiro atoms. The number of aromatic hydroxyl groups is 1. The van der Waals surface area contributed by atoms with E-state index in [1.165, 1.54) is 4.57 Å². The van der Waals surface area contributed by atoms with Crippen molar-refractivity contribution in [2.45, 2.75) is 0 Å². The third kappa shape index (κ3) is 2.66. The van der Waals surface area contributed by atoms with E-state index in [2.05, 4.69) is 0 Å². The van der Waals surface area contributed by atoms with Gasteiger partial charge in [-0.25, -0.2) is 0 Å². The van der Waals surface area contributed by atoms with Crippen molar-refractivity contribution in [3.05, 3.63) is 69.5 Å². The molecule has 3 aromatic rings. The molecule has 0 saturated carbocycles. The van der Waals surface area contributed by atoms with Crippen LogP contribution in [0.5, 0.6) is 5.75 Å². The summed E-state index contributed by atoms with van der Waals surface area (Å²) in [5, 5.41) is 11.6. The van der Waals surface area contributed by atoms with Crippen LogP contribution in [0.3, 0.4) is 0 Å². The maximum atomic E-state index is 12.7. The van der Waals surface area contributed by atoms with Crippen LogP contribution >= 0.6 is 23.8 Å². The van der Waals surface area contributed by atoms with Crippen LogP contribution in [0.15, 0.2) is 53.3 Å². The number of para-hydroxylation sites is 1. The van der Waals surface area contributed by atoms with E-state index >= 15 is 0 Å². The van der Waals surface area contributed by atoms with Gasteiger partial charge in [-0.05, 0) is 30.3 Å². The van der Waals surface area contributed by atoms with E-state index in [9.17, 15) is 9.90 Å². The van der Waals surface area contributed by atoms with Crippen molar-refractivity contribution in [3.63, 3.8) is 0 Å². The molecular weight excluding hydrogens is 344 g/mol. The number of pyridine rings is 1. The first-order chi connectivity index (χ1) is 11.4. The summed E-state index contributed by atoms with van der Waals surface area (Å²) < 4.78 is 1.46. The fourth-order valence-electron chi connectivity index (χ4n) is 2.63. The van der Waals surface area contributed by atoms with Crippen molar-refractivity contribution in [3.8, 4) is 5.75 Å². The van der Waals surface area contributed by atoms with Gasteiger partial charge in [-0.3, -0.25) is 4.79 Å². The average Bonchev–Trinajstić information content (AvgIpc) is 2.60. The number of aryl methyl sites for hydroxylation is 1. The highest BCUT2D eigenvalue weighted by Gasteiger charge is 2.21. The van der Waals surface area contributed by atoms with Crippen molar-refractivity contribution in [1.29, 1.82) is 0 Å². The molecule has 1 heterocycles. The second-order valence-corrected chi connectivity index (χ2v) is 6.27. The van der Waals surface area contributed by atoms with Crippen LogP contribution < -0.4 is 10.5 Å². The van der Waals surface area contributed by atoms with E-state index in [4.69, 9.17) is 23.8 Å². The topological polar surface area (TPSA) is 45.5 Å². The fraction of sp³-hybridized carbons (Fsp3) is 0.111. The van der Waals surface area contributed by atoms with E-state index in [1.54, 1.807) is 37.2 Å². The Balaban J connectivity index is 2.23. The van der Waals surface area contributed by atoms with Gasteiger partial charge >= 0.3 is 0 Å². The third-order valence-electron chi connectivity index (χ3n) is 3.99. The normalized spacial score (nSPS) is 10.8. The molecule has 6 heteroatoms. The van der Waals surface area contributed by atoms with E-state index in [0.717, 1.165) is 5.69 Å². The lowest BCUT2D eigenvalue weighted by molar-refractivity contribution is 0.478. The predicted octanol–water partition coefficient (Wildman–Crippen LogP) is 3.71. The number of halogens is 1. The van der Waals surface area contributed by atoms with Gasteiger partial charge < -0.3 is 14.6 Å². The molecule has 0 atom stereocenters. The smallest absolute Gasteiger partial charge is 0.264 e. The molecule has 1 aromatic heterocycles. The van der Waals surface area contributed by atoms with Crippen LogP contribution in [-0.2, 0) is 7.05 Å². The van der Waals surface area contributed by atoms with Gasteiger partial charge in [0.15, 0.2) is 0 Å². The second kappa shape index (κ2) is 6.26. The molecule has 0 aliphatic heterocycles. The second-order valence-electron chi connectivity index (χ2n) is 5.45. The molecule has 122 valence electrons. The van der Waals surface area contributed by atoms with Gasteiger partial charge in [0, 0.05) is 30.2 Å². The molecule has 4 nitrogen and oxygen atoms in total. The summed E-state index contributed by atoms with van der Waals surface area (Å²) in [6.45, 7) is 0. The minimum Gasteiger partial charge on any atom is -0.506 e. The largest absolute Gasteiger partial charge is 0.506 e. The molecule has 0 fully saturated rings. The summed E-state index contributed by atoms with van der Waals surface area (Å²) in [5.41, 5.74) is 1.16. The number of fused-ring (bicyclic) bond motifs is 1. The maximum absolute atomic E-state index is 12.7. The Morgan fingerprint density at radius 2 is 1.88 bits per heavy atom. The molecular formula is C18H15ClN2O2S. The van der Waals surface area contributed by atoms with Crippen LogP contribution in [0.25, 0.3) is 10.9 Å². The first kappa shape index (κ1) is 16.5. The van der Waals surface area contributed by atoms with Gasteiger partial charge in [0.05, 0.1) is 5.52 Å². The SMILES string of the molecule is CN(C(=S)c1c(O)c2cc(Cl)ccc2n(C)c1=O)c1ccccc1. The lowest BCUT2D eigenvalue weighted by atomic mass is 10.1. The quantitative estimate of drug-likeness (QED) is 0.709. The molecule has 2 aromatic carbocycles. The molecule has 0 aliphatic carbocycles. The monoisotopic (exact) mass is 358 g/mol. The van der Waals surface area contributed by atoms with Crippen LogP contribution in [-0.4, -0.2) is 21.7 Å². The molecule has 0 aliphatic rings. The number of rotatable bonds is 2. The van der Waals surface area contributed by atoms with Gasteiger partial charge in [-0.2, -0.15) is 0 Å². The Hall–Kier alpha value is -2.37. The minimum absolute atomic E-state index is 0.0913. The Labute approximate surface area is 149 Å². The summed E-state index contributed by atoms with van der Waals surface area (Å²) in [7, 11) is 3.41. The molecule has 0 radical (unpaired) electrons. The highest BCUT2D eigenvalue weighted by atomic mass is 35.5. The third-order valence-corrected chi connectivity index (χ3v) is 4.71. The van der Waals surface area contributed by atoms with Crippen molar-refractivity contribution < 1.29 is 5.11 Å². The highest BCUT2D eigenvalue weighted by molar-refractivity contribution is 7.81. The number of anilines is 1. The van der Waals surface area contributed by atoms with Crippen LogP contribution in [0.1, 0.15) is 5.56 Å². The summed E-state index contributed by atoms with van der Waals surface area (Å²) in [6, 6.07) is 14.4. The van der Waals surface area contributed by atoms with Gasteiger partial charge in [-0.1, -0.05) is 42.0 Å². The summed E-state index contributed by atoms with van der Waals surface area (Å²) >= 11 is 11.5. The standard InChI is InChI=1S/C18H15ClN2O2S/c1-20(12-6-4-3-5-7-12)18(24)15-16(22)13-10-11(19)8-9-14(13)21(2)17(15)23/h3-10,22H,1-2H3. The highest BCUT2D eigenvalue weighted by Crippen LogP contribution is 2.30. The zero-order valence-corrected chi connectivity index (χ0v) is 14.7. The van der Waals surface area contributed by atoms with E-state index in [-0.39, 0.29) is 21.9 Å². The van der Waals surface area contributed by atoms with Crippen molar-refractivity contribution >= 4 is 45.4 Å².